The van der Waals surface area contributed by atoms with Gasteiger partial charge in [-0.3, -0.25) is 4.79 Å². The summed E-state index contributed by atoms with van der Waals surface area (Å²) in [5.41, 5.74) is 0. The Bertz CT molecular complexity index is 489. The Morgan fingerprint density at radius 1 is 0.900 bits per heavy atom. The molecule has 0 saturated heterocycles. The zero-order chi connectivity index (χ0) is 14.2. The normalized spacial score (nSPS) is 10.7. The number of thioether (sulfide) groups is 2. The van der Waals surface area contributed by atoms with Gasteiger partial charge in [0.2, 0.25) is 5.24 Å². The minimum atomic E-state index is -0.266. The lowest BCUT2D eigenvalue weighted by atomic mass is 10.4. The first-order chi connectivity index (χ1) is 9.74. The van der Waals surface area contributed by atoms with E-state index in [4.69, 9.17) is 11.6 Å². The lowest BCUT2D eigenvalue weighted by Gasteiger charge is -2.15. The number of halogens is 1. The number of carbonyl (C=O) groups excluding carboxylic acids is 1. The molecular formula is C16H15ClOS2. The molecule has 2 aromatic rings. The van der Waals surface area contributed by atoms with Crippen molar-refractivity contribution in [3.05, 3.63) is 60.7 Å². The van der Waals surface area contributed by atoms with E-state index in [1.807, 2.05) is 36.4 Å². The standard InChI is InChI=1S/C16H15ClOS2/c17-15(18)11-12-16(19-13-7-3-1-4-8-13)20-14-9-5-2-6-10-14/h1-10,16H,11-12H2. The first kappa shape index (κ1) is 15.5. The first-order valence-corrected chi connectivity index (χ1v) is 8.49. The number of hydrogen-bond acceptors (Lipinski definition) is 3. The van der Waals surface area contributed by atoms with Gasteiger partial charge in [-0.15, -0.1) is 23.5 Å². The highest BCUT2D eigenvalue weighted by atomic mass is 35.5. The van der Waals surface area contributed by atoms with Crippen LogP contribution in [0.4, 0.5) is 0 Å². The molecule has 0 heterocycles. The lowest BCUT2D eigenvalue weighted by molar-refractivity contribution is -0.111. The van der Waals surface area contributed by atoms with Crippen molar-refractivity contribution in [2.24, 2.45) is 0 Å². The number of hydrogen-bond donors (Lipinski definition) is 0. The summed E-state index contributed by atoms with van der Waals surface area (Å²) in [4.78, 5) is 13.4. The fourth-order valence-corrected chi connectivity index (χ4v) is 4.35. The monoisotopic (exact) mass is 322 g/mol. The fourth-order valence-electron chi connectivity index (χ4n) is 1.67. The Labute approximate surface area is 133 Å². The number of benzene rings is 2. The Morgan fingerprint density at radius 3 is 1.75 bits per heavy atom. The van der Waals surface area contributed by atoms with Crippen LogP contribution in [-0.2, 0) is 4.79 Å². The van der Waals surface area contributed by atoms with Crippen LogP contribution >= 0.6 is 35.1 Å². The molecule has 0 aliphatic heterocycles. The van der Waals surface area contributed by atoms with Crippen LogP contribution in [-0.4, -0.2) is 9.82 Å². The molecule has 0 saturated carbocycles. The van der Waals surface area contributed by atoms with Crippen LogP contribution in [0.3, 0.4) is 0 Å². The summed E-state index contributed by atoms with van der Waals surface area (Å²) in [5.74, 6) is 0. The zero-order valence-corrected chi connectivity index (χ0v) is 13.3. The van der Waals surface area contributed by atoms with E-state index >= 15 is 0 Å². The second kappa shape index (κ2) is 8.40. The third-order valence-electron chi connectivity index (χ3n) is 2.60. The van der Waals surface area contributed by atoms with Gasteiger partial charge in [-0.2, -0.15) is 0 Å². The molecule has 0 aliphatic rings. The maximum Gasteiger partial charge on any atom is 0.221 e. The second-order valence-corrected chi connectivity index (χ2v) is 7.46. The van der Waals surface area contributed by atoms with Gasteiger partial charge in [0, 0.05) is 16.2 Å². The summed E-state index contributed by atoms with van der Waals surface area (Å²) < 4.78 is 0.280. The third kappa shape index (κ3) is 5.61. The van der Waals surface area contributed by atoms with Crippen LogP contribution < -0.4 is 0 Å². The van der Waals surface area contributed by atoms with Crippen LogP contribution in [0.5, 0.6) is 0 Å². The second-order valence-electron chi connectivity index (χ2n) is 4.19. The molecule has 104 valence electrons. The van der Waals surface area contributed by atoms with E-state index in [1.54, 1.807) is 23.5 Å². The van der Waals surface area contributed by atoms with E-state index in [2.05, 4.69) is 24.3 Å². The van der Waals surface area contributed by atoms with Gasteiger partial charge in [0.05, 0.1) is 4.58 Å². The maximum atomic E-state index is 11.0. The predicted octanol–water partition coefficient (Wildman–Crippen LogP) is 5.44. The summed E-state index contributed by atoms with van der Waals surface area (Å²) in [7, 11) is 0. The quantitative estimate of drug-likeness (QED) is 0.383. The molecular weight excluding hydrogens is 308 g/mol. The van der Waals surface area contributed by atoms with E-state index in [9.17, 15) is 4.79 Å². The summed E-state index contributed by atoms with van der Waals surface area (Å²) in [5, 5.41) is -0.266. The highest BCUT2D eigenvalue weighted by Crippen LogP contribution is 2.38. The van der Waals surface area contributed by atoms with Gasteiger partial charge < -0.3 is 0 Å². The first-order valence-electron chi connectivity index (χ1n) is 6.36. The Morgan fingerprint density at radius 2 is 1.35 bits per heavy atom. The van der Waals surface area contributed by atoms with Crippen LogP contribution in [0.2, 0.25) is 0 Å². The molecule has 0 atom stereocenters. The van der Waals surface area contributed by atoms with Crippen LogP contribution in [0.25, 0.3) is 0 Å². The molecule has 2 aromatic carbocycles. The molecule has 20 heavy (non-hydrogen) atoms. The van der Waals surface area contributed by atoms with Gasteiger partial charge >= 0.3 is 0 Å². The van der Waals surface area contributed by atoms with Gasteiger partial charge in [0.25, 0.3) is 0 Å². The number of carbonyl (C=O) groups is 1. The zero-order valence-electron chi connectivity index (χ0n) is 10.9. The van der Waals surface area contributed by atoms with Crippen molar-refractivity contribution in [2.45, 2.75) is 27.2 Å². The minimum absolute atomic E-state index is 0.266. The van der Waals surface area contributed by atoms with Gasteiger partial charge in [0.15, 0.2) is 0 Å². The van der Waals surface area contributed by atoms with Gasteiger partial charge in [-0.25, -0.2) is 0 Å². The molecule has 0 unspecified atom stereocenters. The smallest absolute Gasteiger partial charge is 0.221 e. The van der Waals surface area contributed by atoms with Crippen molar-refractivity contribution in [1.82, 2.24) is 0 Å². The molecule has 1 nitrogen and oxygen atoms in total. The topological polar surface area (TPSA) is 17.1 Å². The predicted molar refractivity (Wildman–Crippen MR) is 88.5 cm³/mol. The van der Waals surface area contributed by atoms with Gasteiger partial charge in [-0.05, 0) is 42.3 Å². The lowest BCUT2D eigenvalue weighted by Crippen LogP contribution is -2.00. The van der Waals surface area contributed by atoms with Crippen molar-refractivity contribution in [3.8, 4) is 0 Å². The summed E-state index contributed by atoms with van der Waals surface area (Å²) in [6.07, 6.45) is 1.17. The third-order valence-corrected chi connectivity index (χ3v) is 5.45. The van der Waals surface area contributed by atoms with Crippen LogP contribution in [0, 0.1) is 0 Å². The molecule has 0 fully saturated rings. The van der Waals surface area contributed by atoms with E-state index < -0.39 is 0 Å². The fraction of sp³-hybridized carbons (Fsp3) is 0.188. The van der Waals surface area contributed by atoms with Gasteiger partial charge in [0.1, 0.15) is 0 Å². The Hall–Kier alpha value is -0.900. The minimum Gasteiger partial charge on any atom is -0.281 e. The van der Waals surface area contributed by atoms with Crippen molar-refractivity contribution < 1.29 is 4.79 Å². The highest BCUT2D eigenvalue weighted by Gasteiger charge is 2.13. The van der Waals surface area contributed by atoms with Crippen molar-refractivity contribution >= 4 is 40.4 Å². The molecule has 0 aliphatic carbocycles. The van der Waals surface area contributed by atoms with Gasteiger partial charge in [-0.1, -0.05) is 36.4 Å². The summed E-state index contributed by atoms with van der Waals surface area (Å²) >= 11 is 9.03. The van der Waals surface area contributed by atoms with E-state index in [0.717, 1.165) is 6.42 Å². The van der Waals surface area contributed by atoms with E-state index in [0.29, 0.717) is 6.42 Å². The largest absolute Gasteiger partial charge is 0.281 e. The molecule has 0 bridgehead atoms. The van der Waals surface area contributed by atoms with Crippen molar-refractivity contribution in [1.29, 1.82) is 0 Å². The molecule has 0 spiro atoms. The van der Waals surface area contributed by atoms with Crippen LogP contribution in [0.1, 0.15) is 12.8 Å². The molecule has 0 radical (unpaired) electrons. The average molecular weight is 323 g/mol. The molecule has 0 aromatic heterocycles. The van der Waals surface area contributed by atoms with Crippen LogP contribution in [0.15, 0.2) is 70.5 Å². The highest BCUT2D eigenvalue weighted by molar-refractivity contribution is 8.17. The maximum absolute atomic E-state index is 11.0. The summed E-state index contributed by atoms with van der Waals surface area (Å²) in [6.45, 7) is 0. The van der Waals surface area contributed by atoms with Crippen molar-refractivity contribution in [3.63, 3.8) is 0 Å². The molecule has 2 rings (SSSR count). The Kier molecular flexibility index (Phi) is 6.51. The van der Waals surface area contributed by atoms with E-state index in [1.165, 1.54) is 9.79 Å². The average Bonchev–Trinajstić information content (AvgIpc) is 2.47. The summed E-state index contributed by atoms with van der Waals surface area (Å²) in [6, 6.07) is 20.5. The Balaban J connectivity index is 2.02. The van der Waals surface area contributed by atoms with Crippen molar-refractivity contribution in [2.75, 3.05) is 0 Å². The SMILES string of the molecule is O=C(Cl)CCC(Sc1ccccc1)Sc1ccccc1. The molecule has 0 N–H and O–H groups in total. The molecule has 0 amide bonds. The molecule has 4 heteroatoms. The van der Waals surface area contributed by atoms with E-state index in [-0.39, 0.29) is 9.82 Å². The number of rotatable bonds is 7.